The molecule has 0 aromatic heterocycles. The fraction of sp³-hybridized carbons (Fsp3) is 0.304. The van der Waals surface area contributed by atoms with E-state index in [0.717, 1.165) is 10.5 Å². The van der Waals surface area contributed by atoms with Crippen LogP contribution in [-0.4, -0.2) is 55.6 Å². The molecular formula is C23H25ClN2O6S2. The van der Waals surface area contributed by atoms with Crippen LogP contribution in [0.3, 0.4) is 0 Å². The fourth-order valence-corrected chi connectivity index (χ4v) is 6.91. The quantitative estimate of drug-likeness (QED) is 0.166. The summed E-state index contributed by atoms with van der Waals surface area (Å²) < 4.78 is 36.4. The predicted molar refractivity (Wildman–Crippen MR) is 131 cm³/mol. The number of carbonyl (C=O) groups excluding carboxylic acids is 2. The van der Waals surface area contributed by atoms with Crippen LogP contribution in [0.15, 0.2) is 65.6 Å². The number of nitrogens with zero attached hydrogens (tertiary/aromatic N) is 1. The monoisotopic (exact) mass is 524 g/mol. The van der Waals surface area contributed by atoms with Crippen LogP contribution >= 0.6 is 22.4 Å². The van der Waals surface area contributed by atoms with E-state index in [0.29, 0.717) is 22.1 Å². The highest BCUT2D eigenvalue weighted by molar-refractivity contribution is 8.72. The lowest BCUT2D eigenvalue weighted by Gasteiger charge is -2.47. The van der Waals surface area contributed by atoms with Gasteiger partial charge in [-0.3, -0.25) is 4.79 Å². The Hall–Kier alpha value is -2.53. The molecule has 1 aliphatic rings. The molecule has 0 radical (unpaired) electrons. The molecule has 0 unspecified atom stereocenters. The summed E-state index contributed by atoms with van der Waals surface area (Å²) in [6.07, 6.45) is 0. The van der Waals surface area contributed by atoms with Crippen molar-refractivity contribution in [1.82, 2.24) is 4.90 Å². The smallest absolute Gasteiger partial charge is 0.333 e. The first-order valence-electron chi connectivity index (χ1n) is 10.2. The summed E-state index contributed by atoms with van der Waals surface area (Å²) in [4.78, 5) is 26.8. The average Bonchev–Trinajstić information content (AvgIpc) is 2.84. The van der Waals surface area contributed by atoms with Crippen LogP contribution in [0.2, 0.25) is 0 Å². The largest absolute Gasteiger partial charge is 0.497 e. The number of likely N-dealkylation sites (tertiary alicyclic amines) is 1. The summed E-state index contributed by atoms with van der Waals surface area (Å²) in [5, 5.41) is -1.02. The van der Waals surface area contributed by atoms with Gasteiger partial charge in [0.05, 0.1) is 12.0 Å². The molecule has 1 aliphatic heterocycles. The van der Waals surface area contributed by atoms with Crippen molar-refractivity contribution in [1.29, 1.82) is 0 Å². The third kappa shape index (κ3) is 5.57. The lowest BCUT2D eigenvalue weighted by molar-refractivity contribution is -0.161. The van der Waals surface area contributed by atoms with Gasteiger partial charge in [-0.1, -0.05) is 36.4 Å². The zero-order valence-electron chi connectivity index (χ0n) is 18.6. The molecule has 3 atom stereocenters. The summed E-state index contributed by atoms with van der Waals surface area (Å²) in [7, 11) is -1.82. The second kappa shape index (κ2) is 10.8. The standard InChI is InChI=1S/C23H25ClN2O6S2/c1-14-4-10-18(11-5-14)34(29,30)33-22-19(25)21(27)26(22)20(15(2)12-24)23(28)32-13-16-6-8-17(31-3)9-7-16/h4-11,19-20,22H,2,12-13,25H2,1,3H3/t19-,20-,22-/m1/s1. The Morgan fingerprint density at radius 2 is 1.82 bits per heavy atom. The van der Waals surface area contributed by atoms with Gasteiger partial charge in [0.1, 0.15) is 23.8 Å². The number of benzene rings is 2. The van der Waals surface area contributed by atoms with E-state index in [1.54, 1.807) is 43.5 Å². The van der Waals surface area contributed by atoms with E-state index in [4.69, 9.17) is 26.8 Å². The summed E-state index contributed by atoms with van der Waals surface area (Å²) in [6.45, 7) is 5.56. The number of methoxy groups -OCH3 is 1. The maximum atomic E-state index is 13.0. The summed E-state index contributed by atoms with van der Waals surface area (Å²) in [5.41, 5.74) is 7.73. The number of ether oxygens (including phenoxy) is 2. The Morgan fingerprint density at radius 1 is 1.21 bits per heavy atom. The number of amides is 1. The number of aryl methyl sites for hydroxylation is 1. The topological polar surface area (TPSA) is 116 Å². The number of hydrogen-bond donors (Lipinski definition) is 1. The number of esters is 1. The highest BCUT2D eigenvalue weighted by atomic mass is 35.5. The molecule has 1 heterocycles. The number of β-lactam (4-membered cyclic amide) rings is 1. The zero-order valence-corrected chi connectivity index (χ0v) is 21.0. The molecule has 1 amide bonds. The minimum Gasteiger partial charge on any atom is -0.497 e. The Morgan fingerprint density at radius 3 is 2.38 bits per heavy atom. The maximum absolute atomic E-state index is 13.0. The van der Waals surface area contributed by atoms with Crippen LogP contribution in [0, 0.1) is 6.92 Å². The van der Waals surface area contributed by atoms with Gasteiger partial charge in [0.25, 0.3) is 0 Å². The number of halogens is 1. The first kappa shape index (κ1) is 26.1. The molecule has 182 valence electrons. The SMILES string of the molecule is C=C(CCl)[C@H](C(=O)OCc1ccc(OC)cc1)N1C(=O)[C@@H](N)[C@H]1SS(=O)(=O)c1ccc(C)cc1. The van der Waals surface area contributed by atoms with E-state index in [-0.39, 0.29) is 23.0 Å². The second-order valence-corrected chi connectivity index (χ2v) is 11.9. The molecule has 0 aliphatic carbocycles. The molecule has 2 aromatic carbocycles. The Kier molecular flexibility index (Phi) is 8.29. The van der Waals surface area contributed by atoms with E-state index in [1.807, 2.05) is 6.92 Å². The van der Waals surface area contributed by atoms with Crippen molar-refractivity contribution in [2.45, 2.75) is 35.9 Å². The minimum absolute atomic E-state index is 0.0670. The van der Waals surface area contributed by atoms with Crippen LogP contribution in [-0.2, 0) is 29.8 Å². The van der Waals surface area contributed by atoms with E-state index in [2.05, 4.69) is 6.58 Å². The second-order valence-electron chi connectivity index (χ2n) is 7.68. The summed E-state index contributed by atoms with van der Waals surface area (Å²) in [6, 6.07) is 10.8. The maximum Gasteiger partial charge on any atom is 0.333 e. The average molecular weight is 525 g/mol. The van der Waals surface area contributed by atoms with Crippen LogP contribution < -0.4 is 10.5 Å². The van der Waals surface area contributed by atoms with Crippen molar-refractivity contribution in [3.05, 3.63) is 71.8 Å². The normalized spacial score (nSPS) is 18.7. The molecule has 0 saturated carbocycles. The molecule has 34 heavy (non-hydrogen) atoms. The molecule has 2 aromatic rings. The van der Waals surface area contributed by atoms with E-state index < -0.39 is 38.2 Å². The Bertz CT molecular complexity index is 1170. The molecule has 8 nitrogen and oxygen atoms in total. The fourth-order valence-electron chi connectivity index (χ4n) is 3.29. The Labute approximate surface area is 207 Å². The first-order valence-corrected chi connectivity index (χ1v) is 13.6. The zero-order chi connectivity index (χ0) is 25.0. The number of hydrogen-bond acceptors (Lipinski definition) is 8. The van der Waals surface area contributed by atoms with Gasteiger partial charge in [-0.25, -0.2) is 13.2 Å². The van der Waals surface area contributed by atoms with Crippen LogP contribution in [0.4, 0.5) is 0 Å². The van der Waals surface area contributed by atoms with Crippen molar-refractivity contribution < 1.29 is 27.5 Å². The Balaban J connectivity index is 1.79. The van der Waals surface area contributed by atoms with Crippen LogP contribution in [0.5, 0.6) is 5.75 Å². The molecule has 3 rings (SSSR count). The summed E-state index contributed by atoms with van der Waals surface area (Å²) in [5.74, 6) is -0.851. The summed E-state index contributed by atoms with van der Waals surface area (Å²) >= 11 is 5.93. The van der Waals surface area contributed by atoms with Crippen molar-refractivity contribution in [3.63, 3.8) is 0 Å². The highest BCUT2D eigenvalue weighted by Crippen LogP contribution is 2.39. The first-order chi connectivity index (χ1) is 16.1. The lowest BCUT2D eigenvalue weighted by Crippen LogP contribution is -2.71. The van der Waals surface area contributed by atoms with Gasteiger partial charge in [-0.15, -0.1) is 11.6 Å². The van der Waals surface area contributed by atoms with Crippen molar-refractivity contribution in [2.24, 2.45) is 5.73 Å². The lowest BCUT2D eigenvalue weighted by atomic mass is 10.00. The van der Waals surface area contributed by atoms with Gasteiger partial charge in [-0.2, -0.15) is 0 Å². The van der Waals surface area contributed by atoms with Gasteiger partial charge < -0.3 is 20.1 Å². The molecule has 1 saturated heterocycles. The van der Waals surface area contributed by atoms with Crippen LogP contribution in [0.25, 0.3) is 0 Å². The van der Waals surface area contributed by atoms with Gasteiger partial charge in [0.2, 0.25) is 14.8 Å². The number of carbonyl (C=O) groups is 2. The van der Waals surface area contributed by atoms with E-state index >= 15 is 0 Å². The predicted octanol–water partition coefficient (Wildman–Crippen LogP) is 2.83. The highest BCUT2D eigenvalue weighted by Gasteiger charge is 2.53. The number of rotatable bonds is 10. The van der Waals surface area contributed by atoms with E-state index in [1.165, 1.54) is 12.1 Å². The van der Waals surface area contributed by atoms with Gasteiger partial charge >= 0.3 is 5.97 Å². The molecule has 2 N–H and O–H groups in total. The molecule has 0 bridgehead atoms. The van der Waals surface area contributed by atoms with Crippen LogP contribution in [0.1, 0.15) is 11.1 Å². The van der Waals surface area contributed by atoms with E-state index in [9.17, 15) is 18.0 Å². The minimum atomic E-state index is -3.86. The number of nitrogens with two attached hydrogens (primary N) is 1. The number of alkyl halides is 1. The molecular weight excluding hydrogens is 500 g/mol. The molecule has 0 spiro atoms. The third-order valence-corrected chi connectivity index (χ3v) is 9.35. The third-order valence-electron chi connectivity index (χ3n) is 5.26. The van der Waals surface area contributed by atoms with Crippen molar-refractivity contribution in [3.8, 4) is 5.75 Å². The molecule has 11 heteroatoms. The van der Waals surface area contributed by atoms with Crippen molar-refractivity contribution in [2.75, 3.05) is 13.0 Å². The van der Waals surface area contributed by atoms with Gasteiger partial charge in [-0.05, 0) is 42.3 Å². The molecule has 1 fully saturated rings. The van der Waals surface area contributed by atoms with Gasteiger partial charge in [0.15, 0.2) is 6.04 Å². The van der Waals surface area contributed by atoms with Gasteiger partial charge in [0, 0.05) is 16.7 Å². The van der Waals surface area contributed by atoms with Crippen molar-refractivity contribution >= 4 is 43.1 Å².